The Bertz CT molecular complexity index is 927. The Balaban J connectivity index is 0. The number of nitrogens with one attached hydrogen (secondary N) is 1. The van der Waals surface area contributed by atoms with Gasteiger partial charge in [-0.25, -0.2) is 17.9 Å². The highest BCUT2D eigenvalue weighted by Crippen LogP contribution is 2.64. The van der Waals surface area contributed by atoms with Crippen LogP contribution in [0.5, 0.6) is 0 Å². The first-order valence-corrected chi connectivity index (χ1v) is 9.22. The molecule has 2 N–H and O–H groups in total. The summed E-state index contributed by atoms with van der Waals surface area (Å²) in [7, 11) is -7.36. The maximum Gasteiger partial charge on any atom is 0.460 e. The SMILES string of the molecule is C=C(C)C(=O)O.CNS(=O)(=O)C(F)(F)C(F)(F)C(F)(F)C(F)(F)C(F)(F)C(F)(F)C(F)(F)C(F)(F)F. The largest absolute Gasteiger partial charge is 0.478 e. The van der Waals surface area contributed by atoms with Crippen molar-refractivity contribution in [2.75, 3.05) is 7.05 Å². The van der Waals surface area contributed by atoms with Crippen molar-refractivity contribution < 1.29 is 93.0 Å². The second-order valence-electron chi connectivity index (χ2n) is 6.25. The van der Waals surface area contributed by atoms with Crippen LogP contribution in [-0.4, -0.2) is 73.5 Å². The molecule has 0 atom stereocenters. The Morgan fingerprint density at radius 1 is 0.639 bits per heavy atom. The Hall–Kier alpha value is -2.07. The van der Waals surface area contributed by atoms with E-state index in [2.05, 4.69) is 6.58 Å². The van der Waals surface area contributed by atoms with Gasteiger partial charge in [-0.15, -0.1) is 0 Å². The van der Waals surface area contributed by atoms with Crippen molar-refractivity contribution >= 4 is 16.0 Å². The normalized spacial score (nSPS) is 15.2. The minimum Gasteiger partial charge on any atom is -0.478 e. The summed E-state index contributed by atoms with van der Waals surface area (Å²) in [5.41, 5.74) is 0.176. The zero-order valence-corrected chi connectivity index (χ0v) is 17.5. The highest BCUT2D eigenvalue weighted by atomic mass is 32.2. The van der Waals surface area contributed by atoms with Gasteiger partial charge in [-0.3, -0.25) is 0 Å². The molecule has 36 heavy (non-hydrogen) atoms. The van der Waals surface area contributed by atoms with Crippen molar-refractivity contribution in [3.63, 3.8) is 0 Å². The van der Waals surface area contributed by atoms with Gasteiger partial charge >= 0.3 is 52.9 Å². The molecule has 0 aromatic carbocycles. The summed E-state index contributed by atoms with van der Waals surface area (Å²) in [6.07, 6.45) is -7.85. The molecule has 0 heterocycles. The second-order valence-corrected chi connectivity index (χ2v) is 8.18. The summed E-state index contributed by atoms with van der Waals surface area (Å²) >= 11 is 0. The molecule has 23 heteroatoms. The van der Waals surface area contributed by atoms with Crippen molar-refractivity contribution in [1.82, 2.24) is 4.72 Å². The molecule has 0 unspecified atom stereocenters. The number of rotatable bonds is 9. The highest BCUT2D eigenvalue weighted by molar-refractivity contribution is 7.90. The monoisotopic (exact) mass is 599 g/mol. The van der Waals surface area contributed by atoms with Crippen LogP contribution in [0.2, 0.25) is 0 Å². The molecule has 0 aromatic heterocycles. The van der Waals surface area contributed by atoms with Gasteiger partial charge in [0, 0.05) is 5.57 Å². The van der Waals surface area contributed by atoms with Crippen LogP contribution in [0.1, 0.15) is 6.92 Å². The fraction of sp³-hybridized carbons (Fsp3) is 0.769. The number of alkyl halides is 17. The number of sulfonamides is 1. The van der Waals surface area contributed by atoms with Crippen LogP contribution in [0.25, 0.3) is 0 Å². The third-order valence-electron chi connectivity index (χ3n) is 3.66. The van der Waals surface area contributed by atoms with Gasteiger partial charge in [0.2, 0.25) is 0 Å². The molecule has 0 spiro atoms. The zero-order chi connectivity index (χ0) is 30.4. The molecule has 0 amide bonds. The lowest BCUT2D eigenvalue weighted by molar-refractivity contribution is -0.458. The van der Waals surface area contributed by atoms with Crippen LogP contribution in [0.4, 0.5) is 74.6 Å². The van der Waals surface area contributed by atoms with Gasteiger partial charge in [0.25, 0.3) is 10.0 Å². The number of halogens is 17. The van der Waals surface area contributed by atoms with Gasteiger partial charge in [0.15, 0.2) is 0 Å². The first-order valence-electron chi connectivity index (χ1n) is 7.74. The lowest BCUT2D eigenvalue weighted by atomic mass is 9.91. The van der Waals surface area contributed by atoms with E-state index in [0.717, 1.165) is 0 Å². The van der Waals surface area contributed by atoms with Gasteiger partial charge < -0.3 is 5.11 Å². The van der Waals surface area contributed by atoms with Crippen molar-refractivity contribution in [2.45, 2.75) is 53.9 Å². The van der Waals surface area contributed by atoms with Gasteiger partial charge in [-0.2, -0.15) is 74.6 Å². The average Bonchev–Trinajstić information content (AvgIpc) is 2.66. The standard InChI is InChI=1S/C9H4F17NO2S.C4H6O2/c1-27-30(28,29)9(25,26)7(20,21)5(16,17)3(12,13)2(10,11)4(14,15)6(18,19)8(22,23)24;1-3(2)4(5)6/h27H,1H3;1H2,2H3,(H,5,6). The topological polar surface area (TPSA) is 83.5 Å². The predicted octanol–water partition coefficient (Wildman–Crippen LogP) is 5.15. The van der Waals surface area contributed by atoms with Crippen LogP contribution in [-0.2, 0) is 14.8 Å². The van der Waals surface area contributed by atoms with E-state index >= 15 is 0 Å². The molecule has 0 aliphatic carbocycles. The van der Waals surface area contributed by atoms with Crippen molar-refractivity contribution in [3.8, 4) is 0 Å². The van der Waals surface area contributed by atoms with E-state index < -0.39 is 63.0 Å². The molecule has 0 saturated carbocycles. The summed E-state index contributed by atoms with van der Waals surface area (Å²) < 4.78 is 240. The minimum atomic E-state index is -8.81. The molecule has 0 aliphatic rings. The van der Waals surface area contributed by atoms with E-state index in [4.69, 9.17) is 5.11 Å². The maximum absolute atomic E-state index is 13.2. The van der Waals surface area contributed by atoms with E-state index in [1.54, 1.807) is 0 Å². The number of carboxylic acids is 1. The third kappa shape index (κ3) is 5.16. The van der Waals surface area contributed by atoms with Gasteiger partial charge in [-0.1, -0.05) is 6.58 Å². The van der Waals surface area contributed by atoms with E-state index in [0.29, 0.717) is 0 Å². The lowest BCUT2D eigenvalue weighted by Gasteiger charge is -2.42. The van der Waals surface area contributed by atoms with E-state index in [9.17, 15) is 87.8 Å². The van der Waals surface area contributed by atoms with E-state index in [-0.39, 0.29) is 17.3 Å². The highest BCUT2D eigenvalue weighted by Gasteiger charge is 2.96. The van der Waals surface area contributed by atoms with Gasteiger partial charge in [-0.05, 0) is 14.0 Å². The first-order chi connectivity index (χ1) is 15.2. The molecule has 0 bridgehead atoms. The first kappa shape index (κ1) is 36.1. The predicted molar refractivity (Wildman–Crippen MR) is 81.1 cm³/mol. The molecule has 0 saturated heterocycles. The van der Waals surface area contributed by atoms with Crippen LogP contribution in [0, 0.1) is 0 Å². The molecular formula is C13H10F17NO4S. The molecular weight excluding hydrogens is 589 g/mol. The Morgan fingerprint density at radius 3 is 1.06 bits per heavy atom. The Labute approximate surface area is 188 Å². The number of carbonyl (C=O) groups is 1. The molecule has 0 aliphatic heterocycles. The minimum absolute atomic E-state index is 0.176. The van der Waals surface area contributed by atoms with Crippen LogP contribution >= 0.6 is 0 Å². The van der Waals surface area contributed by atoms with Crippen LogP contribution < -0.4 is 4.72 Å². The number of aliphatic carboxylic acids is 1. The Morgan fingerprint density at radius 2 is 0.861 bits per heavy atom. The molecule has 0 radical (unpaired) electrons. The van der Waals surface area contributed by atoms with Gasteiger partial charge in [0.05, 0.1) is 0 Å². The fourth-order valence-electron chi connectivity index (χ4n) is 1.45. The lowest BCUT2D eigenvalue weighted by Crippen LogP contribution is -2.75. The molecule has 0 fully saturated rings. The fourth-order valence-corrected chi connectivity index (χ4v) is 2.17. The summed E-state index contributed by atoms with van der Waals surface area (Å²) in [4.78, 5) is 9.60. The average molecular weight is 599 g/mol. The number of carboxylic acid groups (broad SMARTS) is 1. The van der Waals surface area contributed by atoms with E-state index in [1.807, 2.05) is 0 Å². The summed E-state index contributed by atoms with van der Waals surface area (Å²) in [5, 5.41) is 0.391. The Kier molecular flexibility index (Phi) is 9.69. The van der Waals surface area contributed by atoms with Gasteiger partial charge in [0.1, 0.15) is 0 Å². The second kappa shape index (κ2) is 9.67. The van der Waals surface area contributed by atoms with Crippen molar-refractivity contribution in [2.24, 2.45) is 0 Å². The molecule has 0 rings (SSSR count). The summed E-state index contributed by atoms with van der Waals surface area (Å²) in [5.74, 6) is -52.4. The maximum atomic E-state index is 13.2. The van der Waals surface area contributed by atoms with E-state index in [1.165, 1.54) is 6.92 Å². The molecule has 216 valence electrons. The molecule has 0 aromatic rings. The summed E-state index contributed by atoms with van der Waals surface area (Å²) in [6, 6.07) is 0. The third-order valence-corrected chi connectivity index (χ3v) is 5.13. The molecule has 5 nitrogen and oxygen atoms in total. The zero-order valence-electron chi connectivity index (χ0n) is 16.7. The number of hydrogen-bond donors (Lipinski definition) is 2. The smallest absolute Gasteiger partial charge is 0.460 e. The summed E-state index contributed by atoms with van der Waals surface area (Å²) in [6.45, 7) is 4.60. The quantitative estimate of drug-likeness (QED) is 0.284. The van der Waals surface area contributed by atoms with Crippen molar-refractivity contribution in [3.05, 3.63) is 12.2 Å². The van der Waals surface area contributed by atoms with Crippen LogP contribution in [0.15, 0.2) is 12.2 Å². The van der Waals surface area contributed by atoms with Crippen molar-refractivity contribution in [1.29, 1.82) is 0 Å². The van der Waals surface area contributed by atoms with Crippen LogP contribution in [0.3, 0.4) is 0 Å². The number of hydrogen-bond acceptors (Lipinski definition) is 3.